The van der Waals surface area contributed by atoms with E-state index in [-0.39, 0.29) is 7.47 Å². The Balaban J connectivity index is 0.00000121. The number of alkyl halides is 3. The second kappa shape index (κ2) is 2.98. The van der Waals surface area contributed by atoms with E-state index in [0.717, 1.165) is 0 Å². The Bertz CT molecular complexity index is 141. The second-order valence-corrected chi connectivity index (χ2v) is 2.73. The number of ether oxygens (including phenoxy) is 1. The van der Waals surface area contributed by atoms with Crippen LogP contribution in [0.3, 0.4) is 0 Å². The molecule has 1 N–H and O–H groups in total. The summed E-state index contributed by atoms with van der Waals surface area (Å²) >= 11 is 0. The SMILES string of the molecule is C[C@@H]1C[C@@H](OC(F)(F)F)CN1.[HH]. The van der Waals surface area contributed by atoms with E-state index in [4.69, 9.17) is 0 Å². The van der Waals surface area contributed by atoms with Gasteiger partial charge >= 0.3 is 6.36 Å². The molecule has 1 saturated heterocycles. The van der Waals surface area contributed by atoms with Gasteiger partial charge in [0.1, 0.15) is 0 Å². The summed E-state index contributed by atoms with van der Waals surface area (Å²) in [6.07, 6.45) is -4.76. The third-order valence-corrected chi connectivity index (χ3v) is 1.61. The van der Waals surface area contributed by atoms with Crippen molar-refractivity contribution in [3.8, 4) is 0 Å². The molecule has 0 aliphatic carbocycles. The standard InChI is InChI=1S/C6H10F3NO.H2/c1-4-2-5(3-10-4)11-6(7,8)9;/h4-5,10H,2-3H2,1H3;1H/t4-,5-;/m1./s1. The van der Waals surface area contributed by atoms with Crippen LogP contribution in [-0.2, 0) is 4.74 Å². The minimum atomic E-state index is -4.49. The van der Waals surface area contributed by atoms with Crippen LogP contribution in [0, 0.1) is 0 Å². The van der Waals surface area contributed by atoms with Gasteiger partial charge in [-0.05, 0) is 13.3 Å². The first kappa shape index (κ1) is 8.80. The zero-order valence-corrected chi connectivity index (χ0v) is 6.11. The molecule has 0 aromatic heterocycles. The Morgan fingerprint density at radius 2 is 2.18 bits per heavy atom. The fourth-order valence-electron chi connectivity index (χ4n) is 1.17. The maximum absolute atomic E-state index is 11.6. The van der Waals surface area contributed by atoms with Gasteiger partial charge in [0.05, 0.1) is 6.10 Å². The fourth-order valence-corrected chi connectivity index (χ4v) is 1.17. The number of halogens is 3. The molecule has 2 nitrogen and oxygen atoms in total. The maximum Gasteiger partial charge on any atom is 0.522 e. The summed E-state index contributed by atoms with van der Waals surface area (Å²) in [6, 6.07) is 0.127. The smallest absolute Gasteiger partial charge is 0.312 e. The minimum Gasteiger partial charge on any atom is -0.312 e. The first-order valence-electron chi connectivity index (χ1n) is 3.45. The van der Waals surface area contributed by atoms with Gasteiger partial charge in [-0.25, -0.2) is 0 Å². The molecule has 1 aliphatic heterocycles. The van der Waals surface area contributed by atoms with Crippen molar-refractivity contribution in [2.75, 3.05) is 6.54 Å². The highest BCUT2D eigenvalue weighted by atomic mass is 19.4. The van der Waals surface area contributed by atoms with Crippen LogP contribution in [0.5, 0.6) is 0 Å². The molecule has 1 heterocycles. The minimum absolute atomic E-state index is 0. The van der Waals surface area contributed by atoms with Gasteiger partial charge in [-0.1, -0.05) is 0 Å². The summed E-state index contributed by atoms with van der Waals surface area (Å²) < 4.78 is 38.6. The molecule has 5 heteroatoms. The lowest BCUT2D eigenvalue weighted by molar-refractivity contribution is -0.340. The van der Waals surface area contributed by atoms with Crippen molar-refractivity contribution in [2.45, 2.75) is 31.9 Å². The molecule has 0 saturated carbocycles. The van der Waals surface area contributed by atoms with Crippen molar-refractivity contribution < 1.29 is 19.3 Å². The Hall–Kier alpha value is -0.290. The van der Waals surface area contributed by atoms with Crippen LogP contribution < -0.4 is 5.32 Å². The molecule has 1 fully saturated rings. The molecule has 0 bridgehead atoms. The molecule has 0 unspecified atom stereocenters. The summed E-state index contributed by atoms with van der Waals surface area (Å²) in [5, 5.41) is 2.87. The van der Waals surface area contributed by atoms with Crippen molar-refractivity contribution in [3.05, 3.63) is 0 Å². The monoisotopic (exact) mass is 171 g/mol. The lowest BCUT2D eigenvalue weighted by Gasteiger charge is -2.12. The van der Waals surface area contributed by atoms with Crippen molar-refractivity contribution in [1.29, 1.82) is 0 Å². The second-order valence-electron chi connectivity index (χ2n) is 2.73. The third-order valence-electron chi connectivity index (χ3n) is 1.61. The fraction of sp³-hybridized carbons (Fsp3) is 1.00. The number of hydrogen-bond donors (Lipinski definition) is 1. The predicted molar refractivity (Wildman–Crippen MR) is 35.1 cm³/mol. The van der Waals surface area contributed by atoms with E-state index >= 15 is 0 Å². The molecule has 2 atom stereocenters. The van der Waals surface area contributed by atoms with Gasteiger partial charge in [-0.15, -0.1) is 13.2 Å². The van der Waals surface area contributed by atoms with Crippen LogP contribution in [0.2, 0.25) is 0 Å². The van der Waals surface area contributed by atoms with Crippen molar-refractivity contribution in [3.63, 3.8) is 0 Å². The van der Waals surface area contributed by atoms with E-state index in [1.165, 1.54) is 0 Å². The van der Waals surface area contributed by atoms with E-state index < -0.39 is 12.5 Å². The van der Waals surface area contributed by atoms with Gasteiger partial charge in [0.2, 0.25) is 0 Å². The Morgan fingerprint density at radius 1 is 1.55 bits per heavy atom. The lowest BCUT2D eigenvalue weighted by atomic mass is 10.2. The Labute approximate surface area is 64.2 Å². The van der Waals surface area contributed by atoms with E-state index in [1.54, 1.807) is 0 Å². The zero-order valence-electron chi connectivity index (χ0n) is 6.11. The zero-order chi connectivity index (χ0) is 8.48. The van der Waals surface area contributed by atoms with Gasteiger partial charge in [0.25, 0.3) is 0 Å². The molecular formula is C6H12F3NO. The molecule has 1 aliphatic rings. The molecule has 0 spiro atoms. The number of hydrogen-bond acceptors (Lipinski definition) is 2. The van der Waals surface area contributed by atoms with Crippen molar-refractivity contribution >= 4 is 0 Å². The van der Waals surface area contributed by atoms with E-state index in [1.807, 2.05) is 6.92 Å². The third kappa shape index (κ3) is 3.07. The quantitative estimate of drug-likeness (QED) is 0.645. The molecule has 1 rings (SSSR count). The van der Waals surface area contributed by atoms with Gasteiger partial charge in [0, 0.05) is 14.0 Å². The summed E-state index contributed by atoms with van der Waals surface area (Å²) in [4.78, 5) is 0. The first-order valence-corrected chi connectivity index (χ1v) is 3.45. The number of rotatable bonds is 1. The highest BCUT2D eigenvalue weighted by Gasteiger charge is 2.35. The van der Waals surface area contributed by atoms with Crippen LogP contribution >= 0.6 is 0 Å². The molecule has 0 aromatic rings. The molecule has 68 valence electrons. The lowest BCUT2D eigenvalue weighted by Crippen LogP contribution is -2.25. The van der Waals surface area contributed by atoms with Crippen molar-refractivity contribution in [1.82, 2.24) is 5.32 Å². The van der Waals surface area contributed by atoms with Gasteiger partial charge in [-0.2, -0.15) is 0 Å². The normalized spacial score (nSPS) is 32.7. The average molecular weight is 171 g/mol. The van der Waals surface area contributed by atoms with Crippen LogP contribution in [-0.4, -0.2) is 25.1 Å². The van der Waals surface area contributed by atoms with Gasteiger partial charge < -0.3 is 5.32 Å². The Kier molecular flexibility index (Phi) is 2.39. The Morgan fingerprint density at radius 3 is 2.55 bits per heavy atom. The van der Waals surface area contributed by atoms with E-state index in [2.05, 4.69) is 10.1 Å². The van der Waals surface area contributed by atoms with Gasteiger partial charge in [-0.3, -0.25) is 4.74 Å². The molecule has 11 heavy (non-hydrogen) atoms. The molecule has 0 amide bonds. The highest BCUT2D eigenvalue weighted by Crippen LogP contribution is 2.22. The van der Waals surface area contributed by atoms with Crippen LogP contribution in [0.25, 0.3) is 0 Å². The first-order chi connectivity index (χ1) is 4.97. The molecular weight excluding hydrogens is 159 g/mol. The average Bonchev–Trinajstić information content (AvgIpc) is 2.10. The molecule has 0 aromatic carbocycles. The van der Waals surface area contributed by atoms with Crippen LogP contribution in [0.1, 0.15) is 14.8 Å². The largest absolute Gasteiger partial charge is 0.522 e. The summed E-state index contributed by atoms with van der Waals surface area (Å²) in [5.41, 5.74) is 0. The van der Waals surface area contributed by atoms with Crippen molar-refractivity contribution in [2.24, 2.45) is 0 Å². The molecule has 0 radical (unpaired) electrons. The van der Waals surface area contributed by atoms with E-state index in [9.17, 15) is 13.2 Å². The maximum atomic E-state index is 11.6. The predicted octanol–water partition coefficient (Wildman–Crippen LogP) is 1.52. The highest BCUT2D eigenvalue weighted by molar-refractivity contribution is 4.78. The topological polar surface area (TPSA) is 21.3 Å². The summed E-state index contributed by atoms with van der Waals surface area (Å²) in [7, 11) is 0. The summed E-state index contributed by atoms with van der Waals surface area (Å²) in [5.74, 6) is 0. The van der Waals surface area contributed by atoms with E-state index in [0.29, 0.717) is 13.0 Å². The van der Waals surface area contributed by atoms with Gasteiger partial charge in [0.15, 0.2) is 0 Å². The number of nitrogens with one attached hydrogen (secondary N) is 1. The van der Waals surface area contributed by atoms with Crippen LogP contribution in [0.15, 0.2) is 0 Å². The summed E-state index contributed by atoms with van der Waals surface area (Å²) in [6.45, 7) is 2.13. The van der Waals surface area contributed by atoms with Crippen LogP contribution in [0.4, 0.5) is 13.2 Å².